The fourth-order valence-corrected chi connectivity index (χ4v) is 4.74. The molecule has 2 aromatic rings. The van der Waals surface area contributed by atoms with Crippen LogP contribution in [-0.4, -0.2) is 72.1 Å². The van der Waals surface area contributed by atoms with Crippen LogP contribution in [0.25, 0.3) is 0 Å². The minimum atomic E-state index is -0.238. The molecule has 0 unspecified atom stereocenters. The van der Waals surface area contributed by atoms with Crippen LogP contribution < -0.4 is 0 Å². The molecule has 0 N–H and O–H groups in total. The molecular formula is C23H29N3O4S. The molecule has 0 aliphatic carbocycles. The summed E-state index contributed by atoms with van der Waals surface area (Å²) in [4.78, 5) is 33.7. The van der Waals surface area contributed by atoms with Crippen LogP contribution in [0, 0.1) is 5.92 Å². The van der Waals surface area contributed by atoms with Gasteiger partial charge in [0.2, 0.25) is 11.8 Å². The van der Waals surface area contributed by atoms with Crippen LogP contribution in [-0.2, 0) is 32.1 Å². The van der Waals surface area contributed by atoms with Crippen molar-refractivity contribution in [3.63, 3.8) is 0 Å². The van der Waals surface area contributed by atoms with Crippen molar-refractivity contribution in [3.05, 3.63) is 52.5 Å². The summed E-state index contributed by atoms with van der Waals surface area (Å²) >= 11 is 1.57. The number of hydrogen-bond acceptors (Lipinski definition) is 6. The molecule has 2 amide bonds. The topological polar surface area (TPSA) is 72.0 Å². The smallest absolute Gasteiger partial charge is 0.242 e. The van der Waals surface area contributed by atoms with Crippen LogP contribution in [0.3, 0.4) is 0 Å². The first-order chi connectivity index (χ1) is 15.2. The summed E-state index contributed by atoms with van der Waals surface area (Å²) in [5, 5.41) is 3.94. The van der Waals surface area contributed by atoms with Crippen molar-refractivity contribution >= 4 is 23.2 Å². The maximum atomic E-state index is 13.1. The first-order valence-electron chi connectivity index (χ1n) is 10.8. The van der Waals surface area contributed by atoms with Crippen molar-refractivity contribution in [2.45, 2.75) is 32.0 Å². The fourth-order valence-electron chi connectivity index (χ4n) is 4.07. The molecular weight excluding hydrogens is 414 g/mol. The number of thiophene rings is 1. The normalized spacial score (nSPS) is 20.6. The van der Waals surface area contributed by atoms with Gasteiger partial charge in [0.15, 0.2) is 0 Å². The van der Waals surface area contributed by atoms with Gasteiger partial charge in [-0.25, -0.2) is 0 Å². The van der Waals surface area contributed by atoms with E-state index in [1.807, 2.05) is 33.9 Å². The highest BCUT2D eigenvalue weighted by atomic mass is 32.1. The molecule has 2 saturated heterocycles. The molecule has 0 saturated carbocycles. The van der Waals surface area contributed by atoms with Crippen molar-refractivity contribution in [2.24, 2.45) is 5.92 Å². The van der Waals surface area contributed by atoms with Crippen LogP contribution in [0.15, 0.2) is 41.4 Å². The summed E-state index contributed by atoms with van der Waals surface area (Å²) in [5.41, 5.74) is 1.96. The second kappa shape index (κ2) is 10.8. The Morgan fingerprint density at radius 1 is 1.23 bits per heavy atom. The maximum Gasteiger partial charge on any atom is 0.242 e. The number of amides is 2. The predicted octanol–water partition coefficient (Wildman–Crippen LogP) is 2.37. The highest BCUT2D eigenvalue weighted by molar-refractivity contribution is 7.08. The Kier molecular flexibility index (Phi) is 7.66. The van der Waals surface area contributed by atoms with E-state index in [1.54, 1.807) is 28.6 Å². The van der Waals surface area contributed by atoms with Crippen molar-refractivity contribution in [3.8, 4) is 0 Å². The third kappa shape index (κ3) is 6.35. The molecule has 0 aromatic carbocycles. The average molecular weight is 444 g/mol. The molecule has 4 heterocycles. The molecule has 7 nitrogen and oxygen atoms in total. The molecule has 8 heteroatoms. The Morgan fingerprint density at radius 3 is 2.84 bits per heavy atom. The summed E-state index contributed by atoms with van der Waals surface area (Å²) in [6.45, 7) is 3.63. The van der Waals surface area contributed by atoms with Crippen molar-refractivity contribution < 1.29 is 19.1 Å². The zero-order valence-corrected chi connectivity index (χ0v) is 18.5. The third-order valence-electron chi connectivity index (χ3n) is 5.84. The van der Waals surface area contributed by atoms with E-state index in [1.165, 1.54) is 0 Å². The van der Waals surface area contributed by atoms with Gasteiger partial charge in [0.05, 0.1) is 25.7 Å². The zero-order chi connectivity index (χ0) is 21.5. The van der Waals surface area contributed by atoms with E-state index < -0.39 is 0 Å². The second-order valence-electron chi connectivity index (χ2n) is 8.23. The fraction of sp³-hybridized carbons (Fsp3) is 0.522. The third-order valence-corrected chi connectivity index (χ3v) is 6.58. The van der Waals surface area contributed by atoms with Crippen LogP contribution in [0.1, 0.15) is 24.0 Å². The number of carbonyl (C=O) groups is 2. The van der Waals surface area contributed by atoms with Gasteiger partial charge in [-0.2, -0.15) is 11.3 Å². The number of hydrogen-bond donors (Lipinski definition) is 0. The lowest BCUT2D eigenvalue weighted by molar-refractivity contribution is -0.138. The quantitative estimate of drug-likeness (QED) is 0.657. The van der Waals surface area contributed by atoms with Crippen molar-refractivity contribution in [1.29, 1.82) is 0 Å². The predicted molar refractivity (Wildman–Crippen MR) is 118 cm³/mol. The van der Waals surface area contributed by atoms with Gasteiger partial charge in [-0.3, -0.25) is 14.6 Å². The van der Waals surface area contributed by atoms with Gasteiger partial charge in [0.1, 0.15) is 0 Å². The number of nitrogens with zero attached hydrogens (tertiary/aromatic N) is 3. The van der Waals surface area contributed by atoms with Gasteiger partial charge in [0.25, 0.3) is 0 Å². The van der Waals surface area contributed by atoms with E-state index in [9.17, 15) is 9.59 Å². The summed E-state index contributed by atoms with van der Waals surface area (Å²) in [7, 11) is 0. The van der Waals surface area contributed by atoms with Crippen molar-refractivity contribution in [1.82, 2.24) is 14.8 Å². The van der Waals surface area contributed by atoms with Gasteiger partial charge in [-0.15, -0.1) is 0 Å². The summed E-state index contributed by atoms with van der Waals surface area (Å²) < 4.78 is 11.6. The van der Waals surface area contributed by atoms with E-state index in [4.69, 9.17) is 9.47 Å². The Labute approximate surface area is 187 Å². The van der Waals surface area contributed by atoms with Gasteiger partial charge in [-0.1, -0.05) is 6.07 Å². The van der Waals surface area contributed by atoms with E-state index in [0.717, 1.165) is 37.2 Å². The van der Waals surface area contributed by atoms with Crippen molar-refractivity contribution in [2.75, 3.05) is 39.4 Å². The van der Waals surface area contributed by atoms with Gasteiger partial charge in [0, 0.05) is 45.2 Å². The largest absolute Gasteiger partial charge is 0.381 e. The lowest BCUT2D eigenvalue weighted by Gasteiger charge is -2.30. The minimum Gasteiger partial charge on any atom is -0.381 e. The lowest BCUT2D eigenvalue weighted by Crippen LogP contribution is -2.42. The second-order valence-corrected chi connectivity index (χ2v) is 9.01. The first-order valence-corrected chi connectivity index (χ1v) is 11.8. The molecule has 31 heavy (non-hydrogen) atoms. The van der Waals surface area contributed by atoms with E-state index in [0.29, 0.717) is 38.6 Å². The number of rotatable bonds is 7. The van der Waals surface area contributed by atoms with Gasteiger partial charge >= 0.3 is 0 Å². The molecule has 2 aliphatic rings. The van der Waals surface area contributed by atoms with Crippen LogP contribution in [0.4, 0.5) is 0 Å². The van der Waals surface area contributed by atoms with Crippen LogP contribution >= 0.6 is 11.3 Å². The Balaban J connectivity index is 1.44. The molecule has 2 aliphatic heterocycles. The maximum absolute atomic E-state index is 13.1. The first kappa shape index (κ1) is 21.9. The molecule has 2 fully saturated rings. The number of carbonyl (C=O) groups excluding carboxylic acids is 2. The van der Waals surface area contributed by atoms with Crippen LogP contribution in [0.2, 0.25) is 0 Å². The molecule has 0 bridgehead atoms. The average Bonchev–Trinajstić information content (AvgIpc) is 3.25. The molecule has 0 spiro atoms. The standard InChI is InChI=1S/C23H29N3O4S/c27-22(10-19-5-9-31-17-19)26-14-21(30-16-20-2-1-6-24-11-20)13-25(23(28)15-26)12-18-3-7-29-8-4-18/h1-2,5-6,9,11,17-18,21H,3-4,7-8,10,12-16H2/t21-/m1/s1. The summed E-state index contributed by atoms with van der Waals surface area (Å²) in [6, 6.07) is 5.80. The Bertz CT molecular complexity index is 840. The highest BCUT2D eigenvalue weighted by Gasteiger charge is 2.32. The van der Waals surface area contributed by atoms with E-state index in [2.05, 4.69) is 4.98 Å². The molecule has 2 aromatic heterocycles. The molecule has 4 rings (SSSR count). The number of pyridine rings is 1. The summed E-state index contributed by atoms with van der Waals surface area (Å²) in [6.07, 6.45) is 5.51. The number of ether oxygens (including phenoxy) is 2. The minimum absolute atomic E-state index is 0.00219. The van der Waals surface area contributed by atoms with Gasteiger partial charge in [-0.05, 0) is 52.8 Å². The van der Waals surface area contributed by atoms with Crippen LogP contribution in [0.5, 0.6) is 0 Å². The summed E-state index contributed by atoms with van der Waals surface area (Å²) in [5.74, 6) is 0.400. The molecule has 1 atom stereocenters. The van der Waals surface area contributed by atoms with E-state index >= 15 is 0 Å². The Hall–Kier alpha value is -2.29. The zero-order valence-electron chi connectivity index (χ0n) is 17.7. The highest BCUT2D eigenvalue weighted by Crippen LogP contribution is 2.19. The Morgan fingerprint density at radius 2 is 2.10 bits per heavy atom. The molecule has 0 radical (unpaired) electrons. The number of aromatic nitrogens is 1. The van der Waals surface area contributed by atoms with Gasteiger partial charge < -0.3 is 19.3 Å². The monoisotopic (exact) mass is 443 g/mol. The molecule has 166 valence electrons. The SMILES string of the molecule is O=C(Cc1ccsc1)N1CC(=O)N(CC2CCOCC2)C[C@@H](OCc2cccnc2)C1. The van der Waals surface area contributed by atoms with E-state index in [-0.39, 0.29) is 24.5 Å². The lowest BCUT2D eigenvalue weighted by atomic mass is 9.99.